The maximum absolute atomic E-state index is 6.73. The molecule has 0 aliphatic carbocycles. The van der Waals surface area contributed by atoms with E-state index < -0.39 is 0 Å². The molecule has 0 unspecified atom stereocenters. The molecule has 0 aliphatic rings. The van der Waals surface area contributed by atoms with Crippen LogP contribution in [0.15, 0.2) is 235 Å². The average Bonchev–Trinajstić information content (AvgIpc) is 3.89. The van der Waals surface area contributed by atoms with Crippen LogP contribution in [-0.2, 0) is 0 Å². The first-order valence-corrected chi connectivity index (χ1v) is 20.8. The fourth-order valence-electron chi connectivity index (χ4n) is 9.25. The Hall–Kier alpha value is -8.14. The molecule has 0 N–H and O–H groups in total. The summed E-state index contributed by atoms with van der Waals surface area (Å²) >= 11 is 0. The van der Waals surface area contributed by atoms with Crippen molar-refractivity contribution in [2.75, 3.05) is 4.90 Å². The predicted octanol–water partition coefficient (Wildman–Crippen LogP) is 16.3. The minimum Gasteiger partial charge on any atom is -0.454 e. The first-order valence-electron chi connectivity index (χ1n) is 20.8. The summed E-state index contributed by atoms with van der Waals surface area (Å²) in [6.07, 6.45) is 0. The van der Waals surface area contributed by atoms with Crippen molar-refractivity contribution in [3.05, 3.63) is 231 Å². The van der Waals surface area contributed by atoms with E-state index in [9.17, 15) is 0 Å². The van der Waals surface area contributed by atoms with E-state index in [0.717, 1.165) is 61.3 Å². The van der Waals surface area contributed by atoms with Crippen molar-refractivity contribution in [3.63, 3.8) is 0 Å². The van der Waals surface area contributed by atoms with E-state index in [-0.39, 0.29) is 0 Å². The second-order valence-electron chi connectivity index (χ2n) is 15.7. The van der Waals surface area contributed by atoms with Crippen molar-refractivity contribution < 1.29 is 4.42 Å². The Morgan fingerprint density at radius 1 is 0.328 bits per heavy atom. The number of hydrogen-bond donors (Lipinski definition) is 0. The molecule has 2 aromatic heterocycles. The van der Waals surface area contributed by atoms with Gasteiger partial charge in [-0.15, -0.1) is 0 Å². The third-order valence-electron chi connectivity index (χ3n) is 12.2. The molecule has 2 heterocycles. The normalized spacial score (nSPS) is 11.6. The molecule has 12 rings (SSSR count). The van der Waals surface area contributed by atoms with Gasteiger partial charge in [-0.2, -0.15) is 0 Å². The summed E-state index contributed by atoms with van der Waals surface area (Å²) in [7, 11) is 0. The summed E-state index contributed by atoms with van der Waals surface area (Å²) in [5, 5.41) is 7.08. The maximum atomic E-state index is 6.73. The molecule has 0 radical (unpaired) electrons. The number of anilines is 3. The van der Waals surface area contributed by atoms with Crippen LogP contribution in [0, 0.1) is 0 Å². The Morgan fingerprint density at radius 3 is 1.41 bits per heavy atom. The van der Waals surface area contributed by atoms with Gasteiger partial charge < -0.3 is 13.9 Å². The highest BCUT2D eigenvalue weighted by atomic mass is 16.3. The molecular weight excluding hydrogens is 741 g/mol. The summed E-state index contributed by atoms with van der Waals surface area (Å²) in [4.78, 5) is 2.34. The minimum absolute atomic E-state index is 0.897. The zero-order valence-electron chi connectivity index (χ0n) is 33.2. The Kier molecular flexibility index (Phi) is 8.17. The molecular formula is C58H38N2O. The summed E-state index contributed by atoms with van der Waals surface area (Å²) in [5.41, 5.74) is 15.5. The summed E-state index contributed by atoms with van der Waals surface area (Å²) in [6.45, 7) is 0. The number of benzene rings is 10. The van der Waals surface area contributed by atoms with Crippen molar-refractivity contribution in [3.8, 4) is 39.1 Å². The Bertz CT molecular complexity index is 3460. The van der Waals surface area contributed by atoms with Crippen molar-refractivity contribution in [2.24, 2.45) is 0 Å². The molecule has 61 heavy (non-hydrogen) atoms. The lowest BCUT2D eigenvalue weighted by atomic mass is 10.0. The fraction of sp³-hybridized carbons (Fsp3) is 0. The lowest BCUT2D eigenvalue weighted by Crippen LogP contribution is -2.09. The van der Waals surface area contributed by atoms with Gasteiger partial charge in [0, 0.05) is 38.6 Å². The third-order valence-corrected chi connectivity index (χ3v) is 12.2. The number of hydrogen-bond acceptors (Lipinski definition) is 2. The maximum Gasteiger partial charge on any atom is 0.160 e. The van der Waals surface area contributed by atoms with Crippen LogP contribution in [-0.4, -0.2) is 4.57 Å². The van der Waals surface area contributed by atoms with Crippen LogP contribution in [0.2, 0.25) is 0 Å². The highest BCUT2D eigenvalue weighted by Crippen LogP contribution is 2.43. The Balaban J connectivity index is 0.959. The Morgan fingerprint density at radius 2 is 0.787 bits per heavy atom. The quantitative estimate of drug-likeness (QED) is 0.161. The summed E-state index contributed by atoms with van der Waals surface area (Å²) < 4.78 is 9.12. The fourth-order valence-corrected chi connectivity index (χ4v) is 9.25. The van der Waals surface area contributed by atoms with Crippen molar-refractivity contribution >= 4 is 71.6 Å². The van der Waals surface area contributed by atoms with Crippen LogP contribution >= 0.6 is 0 Å². The number of para-hydroxylation sites is 2. The van der Waals surface area contributed by atoms with Gasteiger partial charge in [-0.1, -0.05) is 164 Å². The highest BCUT2D eigenvalue weighted by molar-refractivity contribution is 6.22. The van der Waals surface area contributed by atoms with Gasteiger partial charge in [0.05, 0.1) is 16.7 Å². The standard InChI is InChI=1S/C58H38N2O/c1-3-13-39(14-4-1)41-23-30-46(31-24-41)59(47-32-25-42(26-33-47)40-15-5-2-6-16-40)48-34-27-43(28-35-48)44-29-36-54-52(37-44)50-19-9-11-21-53(50)60(54)55-38-45-17-7-8-18-49(45)57-51-20-10-12-22-56(51)61-58(55)57/h1-38H. The predicted molar refractivity (Wildman–Crippen MR) is 257 cm³/mol. The molecule has 3 heteroatoms. The van der Waals surface area contributed by atoms with Crippen molar-refractivity contribution in [1.29, 1.82) is 0 Å². The lowest BCUT2D eigenvalue weighted by Gasteiger charge is -2.26. The molecule has 0 saturated carbocycles. The molecule has 0 bridgehead atoms. The molecule has 0 spiro atoms. The van der Waals surface area contributed by atoms with E-state index in [0.29, 0.717) is 0 Å². The van der Waals surface area contributed by atoms with Crippen LogP contribution in [0.3, 0.4) is 0 Å². The number of aromatic nitrogens is 1. The van der Waals surface area contributed by atoms with Crippen molar-refractivity contribution in [1.82, 2.24) is 4.57 Å². The molecule has 0 amide bonds. The zero-order chi connectivity index (χ0) is 40.3. The SMILES string of the molecule is c1ccc(-c2ccc(N(c3ccc(-c4ccccc4)cc3)c3ccc(-c4ccc5c(c4)c4ccccc4n5-c4cc5ccccc5c5c4oc4ccccc45)cc3)cc2)cc1. The Labute approximate surface area is 353 Å². The van der Waals surface area contributed by atoms with E-state index in [4.69, 9.17) is 4.42 Å². The molecule has 0 aliphatic heterocycles. The topological polar surface area (TPSA) is 21.3 Å². The first-order chi connectivity index (χ1) is 30.2. The van der Waals surface area contributed by atoms with Crippen LogP contribution in [0.25, 0.3) is 93.6 Å². The molecule has 0 atom stereocenters. The minimum atomic E-state index is 0.897. The molecule has 0 saturated heterocycles. The molecule has 286 valence electrons. The largest absolute Gasteiger partial charge is 0.454 e. The van der Waals surface area contributed by atoms with Gasteiger partial charge in [-0.25, -0.2) is 0 Å². The van der Waals surface area contributed by atoms with Crippen LogP contribution in [0.4, 0.5) is 17.1 Å². The number of furan rings is 1. The van der Waals surface area contributed by atoms with Gasteiger partial charge in [0.2, 0.25) is 0 Å². The summed E-state index contributed by atoms with van der Waals surface area (Å²) in [6, 6.07) is 82.8. The number of rotatable bonds is 7. The van der Waals surface area contributed by atoms with Crippen LogP contribution < -0.4 is 4.90 Å². The molecule has 3 nitrogen and oxygen atoms in total. The van der Waals surface area contributed by atoms with Crippen LogP contribution in [0.1, 0.15) is 0 Å². The van der Waals surface area contributed by atoms with Gasteiger partial charge in [0.1, 0.15) is 5.58 Å². The van der Waals surface area contributed by atoms with E-state index in [2.05, 4.69) is 234 Å². The summed E-state index contributed by atoms with van der Waals surface area (Å²) in [5.74, 6) is 0. The second kappa shape index (κ2) is 14.3. The smallest absolute Gasteiger partial charge is 0.160 e. The second-order valence-corrected chi connectivity index (χ2v) is 15.7. The van der Waals surface area contributed by atoms with Crippen molar-refractivity contribution in [2.45, 2.75) is 0 Å². The molecule has 12 aromatic rings. The molecule has 10 aromatic carbocycles. The van der Waals surface area contributed by atoms with E-state index >= 15 is 0 Å². The van der Waals surface area contributed by atoms with Gasteiger partial charge in [-0.05, 0) is 111 Å². The first kappa shape index (κ1) is 34.9. The average molecular weight is 779 g/mol. The van der Waals surface area contributed by atoms with Gasteiger partial charge >= 0.3 is 0 Å². The third kappa shape index (κ3) is 5.90. The van der Waals surface area contributed by atoms with Crippen LogP contribution in [0.5, 0.6) is 0 Å². The highest BCUT2D eigenvalue weighted by Gasteiger charge is 2.21. The van der Waals surface area contributed by atoms with E-state index in [1.54, 1.807) is 0 Å². The van der Waals surface area contributed by atoms with E-state index in [1.807, 2.05) is 6.07 Å². The monoisotopic (exact) mass is 778 g/mol. The molecule has 0 fully saturated rings. The van der Waals surface area contributed by atoms with Gasteiger partial charge in [-0.3, -0.25) is 0 Å². The van der Waals surface area contributed by atoms with Gasteiger partial charge in [0.25, 0.3) is 0 Å². The number of nitrogens with zero attached hydrogens (tertiary/aromatic N) is 2. The van der Waals surface area contributed by atoms with E-state index in [1.165, 1.54) is 49.4 Å². The lowest BCUT2D eigenvalue weighted by molar-refractivity contribution is 0.666. The van der Waals surface area contributed by atoms with Gasteiger partial charge in [0.15, 0.2) is 5.58 Å². The number of fused-ring (bicyclic) bond motifs is 8. The zero-order valence-corrected chi connectivity index (χ0v) is 33.2.